The third-order valence-electron chi connectivity index (χ3n) is 7.30. The fraction of sp³-hybridized carbons (Fsp3) is 0.206. The molecule has 4 aromatic rings. The first kappa shape index (κ1) is 30.9. The van der Waals surface area contributed by atoms with E-state index in [1.165, 1.54) is 23.9 Å². The lowest BCUT2D eigenvalue weighted by molar-refractivity contribution is -0.137. The number of likely N-dealkylation sites (N-methyl/N-ethyl adjacent to an activating group) is 1. The molecule has 0 saturated heterocycles. The Bertz CT molecular complexity index is 1620. The summed E-state index contributed by atoms with van der Waals surface area (Å²) in [5, 5.41) is 5.72. The molecule has 1 atom stereocenters. The van der Waals surface area contributed by atoms with Crippen molar-refractivity contribution in [1.29, 1.82) is 0 Å². The van der Waals surface area contributed by atoms with E-state index < -0.39 is 23.7 Å². The highest BCUT2D eigenvalue weighted by atomic mass is 32.2. The van der Waals surface area contributed by atoms with Crippen LogP contribution in [-0.4, -0.2) is 41.5 Å². The number of hydrogen-bond acceptors (Lipinski definition) is 4. The summed E-state index contributed by atoms with van der Waals surface area (Å²) in [5.41, 5.74) is 1.80. The van der Waals surface area contributed by atoms with Crippen molar-refractivity contribution in [3.05, 3.63) is 120 Å². The Kier molecular flexibility index (Phi) is 9.39. The Morgan fingerprint density at radius 2 is 1.50 bits per heavy atom. The van der Waals surface area contributed by atoms with E-state index in [0.717, 1.165) is 35.4 Å². The molecule has 10 heteroatoms. The van der Waals surface area contributed by atoms with Gasteiger partial charge in [-0.25, -0.2) is 0 Å². The Labute approximate surface area is 257 Å². The van der Waals surface area contributed by atoms with Crippen LogP contribution in [0, 0.1) is 0 Å². The Morgan fingerprint density at radius 3 is 2.14 bits per heavy atom. The number of benzene rings is 4. The number of alkyl halides is 3. The van der Waals surface area contributed by atoms with Gasteiger partial charge in [-0.1, -0.05) is 60.7 Å². The van der Waals surface area contributed by atoms with Crippen molar-refractivity contribution in [3.8, 4) is 11.1 Å². The molecule has 1 saturated carbocycles. The number of carbonyl (C=O) groups excluding carboxylic acids is 3. The summed E-state index contributed by atoms with van der Waals surface area (Å²) in [4.78, 5) is 41.6. The molecule has 0 radical (unpaired) electrons. The van der Waals surface area contributed by atoms with E-state index in [1.54, 1.807) is 60.5 Å². The Balaban J connectivity index is 1.19. The van der Waals surface area contributed by atoms with Crippen LogP contribution in [0.2, 0.25) is 0 Å². The van der Waals surface area contributed by atoms with E-state index in [0.29, 0.717) is 22.4 Å². The average molecular weight is 618 g/mol. The van der Waals surface area contributed by atoms with E-state index >= 15 is 0 Å². The van der Waals surface area contributed by atoms with Gasteiger partial charge in [-0.15, -0.1) is 11.8 Å². The predicted octanol–water partition coefficient (Wildman–Crippen LogP) is 7.20. The first-order valence-corrected chi connectivity index (χ1v) is 15.0. The number of nitrogens with one attached hydrogen (secondary N) is 2. The van der Waals surface area contributed by atoms with Crippen molar-refractivity contribution in [3.63, 3.8) is 0 Å². The van der Waals surface area contributed by atoms with Gasteiger partial charge in [0.2, 0.25) is 11.8 Å². The summed E-state index contributed by atoms with van der Waals surface area (Å²) < 4.78 is 39.0. The van der Waals surface area contributed by atoms with Gasteiger partial charge in [0.05, 0.1) is 11.3 Å². The van der Waals surface area contributed by atoms with E-state index in [9.17, 15) is 27.6 Å². The molecule has 2 N–H and O–H groups in total. The van der Waals surface area contributed by atoms with Crippen LogP contribution < -0.4 is 10.6 Å². The zero-order valence-electron chi connectivity index (χ0n) is 23.8. The smallest absolute Gasteiger partial charge is 0.341 e. The second-order valence-corrected chi connectivity index (χ2v) is 11.5. The fourth-order valence-electron chi connectivity index (χ4n) is 4.73. The van der Waals surface area contributed by atoms with Gasteiger partial charge in [0, 0.05) is 29.2 Å². The number of thioether (sulfide) groups is 1. The number of nitrogens with zero attached hydrogens (tertiary/aromatic N) is 1. The predicted molar refractivity (Wildman–Crippen MR) is 165 cm³/mol. The van der Waals surface area contributed by atoms with Crippen molar-refractivity contribution in [2.45, 2.75) is 36.0 Å². The van der Waals surface area contributed by atoms with Gasteiger partial charge in [0.1, 0.15) is 6.04 Å². The first-order chi connectivity index (χ1) is 21.1. The molecule has 0 aromatic heterocycles. The third-order valence-corrected chi connectivity index (χ3v) is 8.32. The van der Waals surface area contributed by atoms with Gasteiger partial charge in [-0.05, 0) is 72.0 Å². The summed E-state index contributed by atoms with van der Waals surface area (Å²) in [7, 11) is 1.77. The molecular weight excluding hydrogens is 587 g/mol. The molecule has 3 amide bonds. The highest BCUT2D eigenvalue weighted by Crippen LogP contribution is 2.32. The van der Waals surface area contributed by atoms with Crippen LogP contribution in [-0.2, 0) is 15.8 Å². The second-order valence-electron chi connectivity index (χ2n) is 10.5. The molecule has 4 aromatic carbocycles. The minimum atomic E-state index is -4.44. The van der Waals surface area contributed by atoms with E-state index in [4.69, 9.17) is 0 Å². The zero-order chi connectivity index (χ0) is 31.3. The molecule has 0 spiro atoms. The molecule has 0 aliphatic heterocycles. The maximum Gasteiger partial charge on any atom is 0.416 e. The molecular formula is C34H30F3N3O3S. The van der Waals surface area contributed by atoms with Gasteiger partial charge < -0.3 is 15.5 Å². The van der Waals surface area contributed by atoms with E-state index in [2.05, 4.69) is 10.6 Å². The quantitative estimate of drug-likeness (QED) is 0.185. The van der Waals surface area contributed by atoms with Crippen molar-refractivity contribution in [2.24, 2.45) is 0 Å². The molecule has 1 unspecified atom stereocenters. The first-order valence-electron chi connectivity index (χ1n) is 14.0. The molecule has 5 rings (SSSR count). The molecule has 0 bridgehead atoms. The topological polar surface area (TPSA) is 78.5 Å². The van der Waals surface area contributed by atoms with Crippen molar-refractivity contribution in [2.75, 3.05) is 18.1 Å². The van der Waals surface area contributed by atoms with E-state index in [1.807, 2.05) is 30.3 Å². The van der Waals surface area contributed by atoms with Crippen molar-refractivity contribution in [1.82, 2.24) is 10.2 Å². The van der Waals surface area contributed by atoms with Gasteiger partial charge in [-0.2, -0.15) is 13.2 Å². The summed E-state index contributed by atoms with van der Waals surface area (Å²) in [6.45, 7) is 0. The van der Waals surface area contributed by atoms with Gasteiger partial charge in [0.15, 0.2) is 0 Å². The van der Waals surface area contributed by atoms with Crippen LogP contribution in [0.15, 0.2) is 108 Å². The van der Waals surface area contributed by atoms with Crippen molar-refractivity contribution < 1.29 is 27.6 Å². The molecule has 1 aliphatic rings. The lowest BCUT2D eigenvalue weighted by Gasteiger charge is -2.25. The van der Waals surface area contributed by atoms with Crippen LogP contribution in [0.5, 0.6) is 0 Å². The molecule has 1 fully saturated rings. The minimum absolute atomic E-state index is 0.0932. The second kappa shape index (κ2) is 13.4. The van der Waals surface area contributed by atoms with Crippen LogP contribution in [0.3, 0.4) is 0 Å². The lowest BCUT2D eigenvalue weighted by Crippen LogP contribution is -2.42. The summed E-state index contributed by atoms with van der Waals surface area (Å²) in [5.74, 6) is -0.737. The summed E-state index contributed by atoms with van der Waals surface area (Å²) >= 11 is 1.30. The number of rotatable bonds is 10. The maximum atomic E-state index is 13.1. The average Bonchev–Trinajstić information content (AvgIpc) is 3.88. The summed E-state index contributed by atoms with van der Waals surface area (Å²) in [6, 6.07) is 27.0. The van der Waals surface area contributed by atoms with Crippen LogP contribution in [0.1, 0.15) is 40.4 Å². The van der Waals surface area contributed by atoms with Gasteiger partial charge >= 0.3 is 6.18 Å². The summed E-state index contributed by atoms with van der Waals surface area (Å²) in [6.07, 6.45) is -2.51. The monoisotopic (exact) mass is 617 g/mol. The number of anilines is 1. The third kappa shape index (κ3) is 7.68. The van der Waals surface area contributed by atoms with Crippen molar-refractivity contribution >= 4 is 35.2 Å². The minimum Gasteiger partial charge on any atom is -0.341 e. The van der Waals surface area contributed by atoms with Crippen LogP contribution >= 0.6 is 11.8 Å². The molecule has 6 nitrogen and oxygen atoms in total. The highest BCUT2D eigenvalue weighted by Gasteiger charge is 2.34. The maximum absolute atomic E-state index is 13.1. The molecule has 226 valence electrons. The number of carbonyl (C=O) groups is 3. The number of hydrogen-bond donors (Lipinski definition) is 2. The number of halogens is 3. The Morgan fingerprint density at radius 1 is 0.864 bits per heavy atom. The highest BCUT2D eigenvalue weighted by molar-refractivity contribution is 8.00. The molecule has 44 heavy (non-hydrogen) atoms. The molecule has 0 heterocycles. The largest absolute Gasteiger partial charge is 0.416 e. The van der Waals surface area contributed by atoms with Gasteiger partial charge in [0.25, 0.3) is 5.91 Å². The molecule has 1 aliphatic carbocycles. The Hall–Kier alpha value is -4.57. The SMILES string of the molecule is CN(C(=O)C(NC(=O)CSc1ccc(NC(=O)c2ccccc2-c2ccc(C(F)(F)F)cc2)cc1)c1ccccc1)C1CC1. The standard InChI is InChI=1S/C34H30F3N3O3S/c1-40(26-17-18-26)33(43)31(23-7-3-2-4-8-23)39-30(41)21-44-27-19-15-25(16-20-27)38-32(42)29-10-6-5-9-28(29)22-11-13-24(14-12-22)34(35,36)37/h2-16,19-20,26,31H,17-18,21H2,1H3,(H,38,42)(H,39,41). The van der Waals surface area contributed by atoms with Crippen LogP contribution in [0.25, 0.3) is 11.1 Å². The number of amides is 3. The lowest BCUT2D eigenvalue weighted by atomic mass is 9.98. The van der Waals surface area contributed by atoms with E-state index in [-0.39, 0.29) is 23.6 Å². The van der Waals surface area contributed by atoms with Gasteiger partial charge in [-0.3, -0.25) is 14.4 Å². The normalized spacial score (nSPS) is 13.5. The zero-order valence-corrected chi connectivity index (χ0v) is 24.6. The fourth-order valence-corrected chi connectivity index (χ4v) is 5.44. The van der Waals surface area contributed by atoms with Crippen LogP contribution in [0.4, 0.5) is 18.9 Å².